The molecule has 0 bridgehead atoms. The zero-order valence-corrected chi connectivity index (χ0v) is 24.8. The van der Waals surface area contributed by atoms with Gasteiger partial charge in [-0.2, -0.15) is 0 Å². The molecule has 6 rings (SSSR count). The van der Waals surface area contributed by atoms with Crippen molar-refractivity contribution in [3.8, 4) is 5.69 Å². The van der Waals surface area contributed by atoms with Gasteiger partial charge < -0.3 is 9.80 Å². The molecule has 0 fully saturated rings. The van der Waals surface area contributed by atoms with E-state index >= 15 is 0 Å². The lowest BCUT2D eigenvalue weighted by Crippen LogP contribution is -2.52. The Bertz CT molecular complexity index is 1740. The molecule has 0 saturated carbocycles. The first kappa shape index (κ1) is 29.0. The minimum Gasteiger partial charge on any atom is -0.336 e. The summed E-state index contributed by atoms with van der Waals surface area (Å²) in [4.78, 5) is 36.2. The smallest absolute Gasteiger partial charge is 0.247 e. The molecule has 44 heavy (non-hydrogen) atoms. The van der Waals surface area contributed by atoms with Gasteiger partial charge in [0, 0.05) is 38.3 Å². The van der Waals surface area contributed by atoms with Crippen LogP contribution in [0.1, 0.15) is 27.8 Å². The van der Waals surface area contributed by atoms with E-state index in [1.807, 2.05) is 71.6 Å². The normalized spacial score (nSPS) is 13.4. The minimum atomic E-state index is -0.724. The van der Waals surface area contributed by atoms with E-state index in [1.165, 1.54) is 11.6 Å². The van der Waals surface area contributed by atoms with Crippen LogP contribution in [-0.4, -0.2) is 54.2 Å². The Balaban J connectivity index is 1.34. The fourth-order valence-electron chi connectivity index (χ4n) is 5.45. The molecule has 8 nitrogen and oxygen atoms in total. The van der Waals surface area contributed by atoms with E-state index in [1.54, 1.807) is 46.4 Å². The Morgan fingerprint density at radius 3 is 2.41 bits per heavy atom. The molecule has 0 radical (unpaired) electrons. The quantitative estimate of drug-likeness (QED) is 0.163. The highest BCUT2D eigenvalue weighted by molar-refractivity contribution is 6.29. The molecule has 3 heterocycles. The van der Waals surface area contributed by atoms with Crippen LogP contribution in [0.2, 0.25) is 5.15 Å². The third kappa shape index (κ3) is 6.93. The number of benzene rings is 3. The average Bonchev–Trinajstić information content (AvgIpc) is 3.61. The Hall–Kier alpha value is -5.08. The molecule has 5 aromatic rings. The average molecular weight is 603 g/mol. The summed E-state index contributed by atoms with van der Waals surface area (Å²) in [6, 6.07) is 28.6. The Kier molecular flexibility index (Phi) is 8.89. The van der Waals surface area contributed by atoms with Gasteiger partial charge in [0.2, 0.25) is 11.8 Å². The topological polar surface area (TPSA) is 84.2 Å². The highest BCUT2D eigenvalue weighted by Gasteiger charge is 2.34. The van der Waals surface area contributed by atoms with Crippen molar-refractivity contribution in [2.75, 3.05) is 6.54 Å². The number of aromatic nitrogens is 4. The van der Waals surface area contributed by atoms with Crippen LogP contribution in [0.15, 0.2) is 116 Å². The molecular weight excluding hydrogens is 572 g/mol. The van der Waals surface area contributed by atoms with E-state index < -0.39 is 6.04 Å². The summed E-state index contributed by atoms with van der Waals surface area (Å²) in [6.45, 7) is 1.36. The number of hydrogen-bond acceptors (Lipinski definition) is 5. The Morgan fingerprint density at radius 2 is 1.68 bits per heavy atom. The summed E-state index contributed by atoms with van der Waals surface area (Å²) in [7, 11) is 0. The number of hydrogen-bond donors (Lipinski definition) is 0. The molecule has 1 unspecified atom stereocenters. The van der Waals surface area contributed by atoms with Gasteiger partial charge in [0.05, 0.1) is 18.1 Å². The number of carbonyl (C=O) groups is 2. The van der Waals surface area contributed by atoms with E-state index in [-0.39, 0.29) is 18.4 Å². The molecule has 2 amide bonds. The molecule has 1 aliphatic rings. The van der Waals surface area contributed by atoms with Crippen molar-refractivity contribution < 1.29 is 9.59 Å². The minimum absolute atomic E-state index is 0.0718. The van der Waals surface area contributed by atoms with Crippen molar-refractivity contribution in [2.24, 2.45) is 0 Å². The van der Waals surface area contributed by atoms with Crippen LogP contribution in [0.5, 0.6) is 0 Å². The fraction of sp³-hybridized carbons (Fsp3) is 0.171. The highest BCUT2D eigenvalue weighted by atomic mass is 35.5. The van der Waals surface area contributed by atoms with E-state index in [0.717, 1.165) is 34.4 Å². The number of amides is 2. The lowest BCUT2D eigenvalue weighted by atomic mass is 9.97. The lowest BCUT2D eigenvalue weighted by molar-refractivity contribution is -0.144. The summed E-state index contributed by atoms with van der Waals surface area (Å²) in [5, 5.41) is 8.32. The van der Waals surface area contributed by atoms with Crippen LogP contribution in [0.3, 0.4) is 0 Å². The van der Waals surface area contributed by atoms with Gasteiger partial charge in [-0.15, -0.1) is 5.10 Å². The molecule has 0 N–H and O–H groups in total. The van der Waals surface area contributed by atoms with Crippen LogP contribution in [-0.2, 0) is 35.5 Å². The second-order valence-corrected chi connectivity index (χ2v) is 11.1. The number of rotatable bonds is 9. The lowest BCUT2D eigenvalue weighted by Gasteiger charge is -2.37. The highest BCUT2D eigenvalue weighted by Crippen LogP contribution is 2.23. The summed E-state index contributed by atoms with van der Waals surface area (Å²) >= 11 is 5.96. The van der Waals surface area contributed by atoms with Crippen molar-refractivity contribution in [1.29, 1.82) is 0 Å². The maximum atomic E-state index is 14.4. The number of carbonyl (C=O) groups excluding carboxylic acids is 2. The van der Waals surface area contributed by atoms with Crippen molar-refractivity contribution in [2.45, 2.75) is 32.0 Å². The van der Waals surface area contributed by atoms with Gasteiger partial charge >= 0.3 is 0 Å². The molecule has 2 aromatic heterocycles. The van der Waals surface area contributed by atoms with Gasteiger partial charge in [-0.1, -0.05) is 89.6 Å². The van der Waals surface area contributed by atoms with Crippen LogP contribution >= 0.6 is 11.6 Å². The number of nitrogens with zero attached hydrogens (tertiary/aromatic N) is 6. The Labute approximate surface area is 261 Å². The molecule has 0 spiro atoms. The monoisotopic (exact) mass is 602 g/mol. The van der Waals surface area contributed by atoms with Crippen molar-refractivity contribution in [3.63, 3.8) is 0 Å². The van der Waals surface area contributed by atoms with Gasteiger partial charge in [0.15, 0.2) is 0 Å². The molecule has 220 valence electrons. The van der Waals surface area contributed by atoms with Crippen molar-refractivity contribution >= 4 is 29.5 Å². The summed E-state index contributed by atoms with van der Waals surface area (Å²) in [6.07, 6.45) is 9.37. The van der Waals surface area contributed by atoms with E-state index in [4.69, 9.17) is 11.6 Å². The summed E-state index contributed by atoms with van der Waals surface area (Å²) in [5.41, 5.74) is 5.85. The molecule has 0 aliphatic carbocycles. The number of halogens is 1. The molecular formula is C35H31ClN6O2. The maximum absolute atomic E-state index is 14.4. The van der Waals surface area contributed by atoms with Crippen LogP contribution in [0, 0.1) is 0 Å². The second-order valence-electron chi connectivity index (χ2n) is 10.7. The standard InChI is InChI=1S/C35H31ClN6O2/c36-33-16-12-27(23-37-33)13-17-34(43)41(24-28-10-14-31(15-11-28)42-21-19-38-39-42)32(22-26-6-2-1-3-7-26)35(44)40-20-18-29-8-4-5-9-30(29)25-40/h1-17,19,21,23,32H,18,20,22,24-25H2. The van der Waals surface area contributed by atoms with Gasteiger partial charge in [0.1, 0.15) is 11.2 Å². The molecule has 1 atom stereocenters. The maximum Gasteiger partial charge on any atom is 0.247 e. The predicted octanol–water partition coefficient (Wildman–Crippen LogP) is 5.55. The molecule has 0 saturated heterocycles. The third-order valence-corrected chi connectivity index (χ3v) is 8.03. The van der Waals surface area contributed by atoms with Crippen LogP contribution in [0.4, 0.5) is 0 Å². The van der Waals surface area contributed by atoms with Crippen LogP contribution in [0.25, 0.3) is 11.8 Å². The first-order valence-corrected chi connectivity index (χ1v) is 14.9. The number of pyridine rings is 1. The largest absolute Gasteiger partial charge is 0.336 e. The van der Waals surface area contributed by atoms with Crippen molar-refractivity contribution in [3.05, 3.63) is 149 Å². The van der Waals surface area contributed by atoms with E-state index in [9.17, 15) is 9.59 Å². The SMILES string of the molecule is O=C(C(Cc1ccccc1)N(Cc1ccc(-n2ccnn2)cc1)C(=O)C=Cc1ccc(Cl)nc1)N1CCc2ccccc2C1. The summed E-state index contributed by atoms with van der Waals surface area (Å²) < 4.78 is 1.67. The first-order valence-electron chi connectivity index (χ1n) is 14.5. The van der Waals surface area contributed by atoms with E-state index in [0.29, 0.717) is 24.7 Å². The predicted molar refractivity (Wildman–Crippen MR) is 170 cm³/mol. The second kappa shape index (κ2) is 13.5. The van der Waals surface area contributed by atoms with Gasteiger partial charge in [-0.05, 0) is 58.5 Å². The van der Waals surface area contributed by atoms with Gasteiger partial charge in [-0.25, -0.2) is 9.67 Å². The fourth-order valence-corrected chi connectivity index (χ4v) is 5.56. The van der Waals surface area contributed by atoms with Crippen molar-refractivity contribution in [1.82, 2.24) is 29.8 Å². The zero-order chi connectivity index (χ0) is 30.3. The first-order chi connectivity index (χ1) is 21.5. The van der Waals surface area contributed by atoms with E-state index in [2.05, 4.69) is 27.4 Å². The Morgan fingerprint density at radius 1 is 0.909 bits per heavy atom. The van der Waals surface area contributed by atoms with Gasteiger partial charge in [0.25, 0.3) is 0 Å². The van der Waals surface area contributed by atoms with Gasteiger partial charge in [-0.3, -0.25) is 9.59 Å². The third-order valence-electron chi connectivity index (χ3n) is 7.80. The molecule has 1 aliphatic heterocycles. The molecule has 3 aromatic carbocycles. The zero-order valence-electron chi connectivity index (χ0n) is 24.0. The molecule has 9 heteroatoms. The summed E-state index contributed by atoms with van der Waals surface area (Å²) in [5.74, 6) is -0.343. The number of fused-ring (bicyclic) bond motifs is 1. The van der Waals surface area contributed by atoms with Crippen LogP contribution < -0.4 is 0 Å².